The summed E-state index contributed by atoms with van der Waals surface area (Å²) in [6.07, 6.45) is 4.02. The van der Waals surface area contributed by atoms with Crippen LogP contribution in [0.1, 0.15) is 37.3 Å². The smallest absolute Gasteiger partial charge is 0.323 e. The van der Waals surface area contributed by atoms with Crippen LogP contribution < -0.4 is 5.73 Å². The summed E-state index contributed by atoms with van der Waals surface area (Å²) in [6, 6.07) is 8.63. The van der Waals surface area contributed by atoms with Gasteiger partial charge in [0.25, 0.3) is 0 Å². The van der Waals surface area contributed by atoms with Crippen LogP contribution in [0.4, 0.5) is 0 Å². The molecule has 0 aromatic heterocycles. The van der Waals surface area contributed by atoms with Crippen molar-refractivity contribution in [3.05, 3.63) is 35.4 Å². The second-order valence-electron chi connectivity index (χ2n) is 6.03. The summed E-state index contributed by atoms with van der Waals surface area (Å²) in [5, 5.41) is 9.19. The Labute approximate surface area is 126 Å². The summed E-state index contributed by atoms with van der Waals surface area (Å²) < 4.78 is 0. The Kier molecular flexibility index (Phi) is 5.37. The van der Waals surface area contributed by atoms with Gasteiger partial charge in [0, 0.05) is 13.1 Å². The molecule has 2 rings (SSSR count). The number of nitrogens with zero attached hydrogens (tertiary/aromatic N) is 1. The molecule has 0 fully saturated rings. The number of carboxylic acids is 1. The molecule has 1 aromatic carbocycles. The van der Waals surface area contributed by atoms with Crippen LogP contribution in [0.25, 0.3) is 0 Å². The van der Waals surface area contributed by atoms with Crippen molar-refractivity contribution in [2.75, 3.05) is 19.6 Å². The molecule has 0 amide bonds. The predicted molar refractivity (Wildman–Crippen MR) is 84.4 cm³/mol. The topological polar surface area (TPSA) is 66.6 Å². The number of aliphatic carboxylic acids is 1. The summed E-state index contributed by atoms with van der Waals surface area (Å²) in [7, 11) is 0. The van der Waals surface area contributed by atoms with Crippen molar-refractivity contribution in [2.45, 2.75) is 44.6 Å². The number of carboxylic acid groups (broad SMARTS) is 1. The largest absolute Gasteiger partial charge is 0.480 e. The Morgan fingerprint density at radius 2 is 1.86 bits per heavy atom. The zero-order valence-corrected chi connectivity index (χ0v) is 12.8. The third-order valence-corrected chi connectivity index (χ3v) is 4.67. The third-order valence-electron chi connectivity index (χ3n) is 4.67. The van der Waals surface area contributed by atoms with Gasteiger partial charge in [-0.15, -0.1) is 0 Å². The molecule has 1 atom stereocenters. The van der Waals surface area contributed by atoms with Crippen LogP contribution in [-0.2, 0) is 17.6 Å². The van der Waals surface area contributed by atoms with E-state index in [1.165, 1.54) is 11.1 Å². The second-order valence-corrected chi connectivity index (χ2v) is 6.03. The summed E-state index contributed by atoms with van der Waals surface area (Å²) in [6.45, 7) is 4.87. The van der Waals surface area contributed by atoms with E-state index in [0.717, 1.165) is 38.9 Å². The van der Waals surface area contributed by atoms with Crippen molar-refractivity contribution in [1.82, 2.24) is 4.90 Å². The maximum Gasteiger partial charge on any atom is 0.323 e. The highest BCUT2D eigenvalue weighted by molar-refractivity contribution is 5.78. The molecular formula is C17H26N2O2. The quantitative estimate of drug-likeness (QED) is 0.841. The summed E-state index contributed by atoms with van der Waals surface area (Å²) in [4.78, 5) is 13.6. The van der Waals surface area contributed by atoms with E-state index in [9.17, 15) is 9.90 Å². The van der Waals surface area contributed by atoms with Crippen LogP contribution in [0.15, 0.2) is 24.3 Å². The molecule has 0 saturated carbocycles. The Balaban J connectivity index is 1.82. The number of carbonyl (C=O) groups is 1. The Bertz CT molecular complexity index is 462. The molecular weight excluding hydrogens is 264 g/mol. The van der Waals surface area contributed by atoms with Gasteiger partial charge in [-0.1, -0.05) is 31.2 Å². The third kappa shape index (κ3) is 4.05. The van der Waals surface area contributed by atoms with Crippen LogP contribution >= 0.6 is 0 Å². The van der Waals surface area contributed by atoms with Gasteiger partial charge in [0.2, 0.25) is 0 Å². The number of nitrogens with two attached hydrogens (primary N) is 1. The predicted octanol–water partition coefficient (Wildman–Crippen LogP) is 2.06. The van der Waals surface area contributed by atoms with Crippen LogP contribution in [0.3, 0.4) is 0 Å². The maximum atomic E-state index is 11.2. The average Bonchev–Trinajstić information content (AvgIpc) is 2.69. The van der Waals surface area contributed by atoms with Crippen LogP contribution in [0, 0.1) is 0 Å². The molecule has 1 unspecified atom stereocenters. The summed E-state index contributed by atoms with van der Waals surface area (Å²) in [5.41, 5.74) is 7.78. The maximum absolute atomic E-state index is 11.2. The number of benzene rings is 1. The van der Waals surface area contributed by atoms with E-state index in [1.54, 1.807) is 0 Å². The van der Waals surface area contributed by atoms with Crippen molar-refractivity contribution in [2.24, 2.45) is 5.73 Å². The SMILES string of the molecule is CCC(N)(CCCN1CCc2ccccc2CC1)C(=O)O. The minimum absolute atomic E-state index is 0.480. The van der Waals surface area contributed by atoms with Crippen molar-refractivity contribution in [3.63, 3.8) is 0 Å². The Morgan fingerprint density at radius 1 is 1.29 bits per heavy atom. The van der Waals surface area contributed by atoms with Crippen LogP contribution in [0.2, 0.25) is 0 Å². The van der Waals surface area contributed by atoms with Gasteiger partial charge in [-0.3, -0.25) is 4.79 Å². The molecule has 4 heteroatoms. The summed E-state index contributed by atoms with van der Waals surface area (Å²) in [5.74, 6) is -0.881. The van der Waals surface area contributed by atoms with E-state index in [1.807, 2.05) is 6.92 Å². The first kappa shape index (κ1) is 16.0. The van der Waals surface area contributed by atoms with Crippen LogP contribution in [-0.4, -0.2) is 41.1 Å². The average molecular weight is 290 g/mol. The molecule has 0 aliphatic carbocycles. The minimum Gasteiger partial charge on any atom is -0.480 e. The first-order chi connectivity index (χ1) is 10.0. The lowest BCUT2D eigenvalue weighted by Gasteiger charge is -2.25. The van der Waals surface area contributed by atoms with E-state index in [0.29, 0.717) is 12.8 Å². The molecule has 21 heavy (non-hydrogen) atoms. The van der Waals surface area contributed by atoms with Gasteiger partial charge < -0.3 is 15.7 Å². The Morgan fingerprint density at radius 3 is 2.33 bits per heavy atom. The fourth-order valence-electron chi connectivity index (χ4n) is 2.99. The number of rotatable bonds is 6. The second kappa shape index (κ2) is 7.05. The fraction of sp³-hybridized carbons (Fsp3) is 0.588. The minimum atomic E-state index is -1.06. The monoisotopic (exact) mass is 290 g/mol. The van der Waals surface area contributed by atoms with E-state index < -0.39 is 11.5 Å². The molecule has 0 saturated heterocycles. The number of hydrogen-bond donors (Lipinski definition) is 2. The van der Waals surface area contributed by atoms with Gasteiger partial charge in [0.1, 0.15) is 5.54 Å². The summed E-state index contributed by atoms with van der Waals surface area (Å²) >= 11 is 0. The molecule has 116 valence electrons. The lowest BCUT2D eigenvalue weighted by Crippen LogP contribution is -2.47. The molecule has 3 N–H and O–H groups in total. The van der Waals surface area contributed by atoms with E-state index in [-0.39, 0.29) is 0 Å². The lowest BCUT2D eigenvalue weighted by atomic mass is 9.92. The molecule has 1 aliphatic heterocycles. The zero-order chi connectivity index (χ0) is 15.3. The molecule has 1 aliphatic rings. The van der Waals surface area contributed by atoms with Gasteiger partial charge >= 0.3 is 5.97 Å². The lowest BCUT2D eigenvalue weighted by molar-refractivity contribution is -0.143. The normalized spacial score (nSPS) is 18.6. The zero-order valence-electron chi connectivity index (χ0n) is 12.8. The van der Waals surface area contributed by atoms with Crippen molar-refractivity contribution in [1.29, 1.82) is 0 Å². The highest BCUT2D eigenvalue weighted by Crippen LogP contribution is 2.18. The van der Waals surface area contributed by atoms with Crippen LogP contribution in [0.5, 0.6) is 0 Å². The van der Waals surface area contributed by atoms with E-state index >= 15 is 0 Å². The van der Waals surface area contributed by atoms with Gasteiger partial charge in [-0.05, 0) is 49.8 Å². The van der Waals surface area contributed by atoms with Crippen molar-refractivity contribution < 1.29 is 9.90 Å². The Hall–Kier alpha value is -1.39. The first-order valence-electron chi connectivity index (χ1n) is 7.86. The van der Waals surface area contributed by atoms with Gasteiger partial charge in [0.05, 0.1) is 0 Å². The number of fused-ring (bicyclic) bond motifs is 1. The molecule has 1 aromatic rings. The molecule has 0 spiro atoms. The molecule has 1 heterocycles. The highest BCUT2D eigenvalue weighted by Gasteiger charge is 2.31. The van der Waals surface area contributed by atoms with Crippen molar-refractivity contribution >= 4 is 5.97 Å². The number of hydrogen-bond acceptors (Lipinski definition) is 3. The standard InChI is InChI=1S/C17H26N2O2/c1-2-17(18,16(20)21)10-5-11-19-12-8-14-6-3-4-7-15(14)9-13-19/h3-4,6-7H,2,5,8-13,18H2,1H3,(H,20,21). The highest BCUT2D eigenvalue weighted by atomic mass is 16.4. The first-order valence-corrected chi connectivity index (χ1v) is 7.86. The molecule has 0 bridgehead atoms. The van der Waals surface area contributed by atoms with Gasteiger partial charge in [-0.25, -0.2) is 0 Å². The van der Waals surface area contributed by atoms with Gasteiger partial charge in [-0.2, -0.15) is 0 Å². The molecule has 4 nitrogen and oxygen atoms in total. The van der Waals surface area contributed by atoms with E-state index in [2.05, 4.69) is 29.2 Å². The fourth-order valence-corrected chi connectivity index (χ4v) is 2.99. The van der Waals surface area contributed by atoms with Gasteiger partial charge in [0.15, 0.2) is 0 Å². The molecule has 0 radical (unpaired) electrons. The van der Waals surface area contributed by atoms with Crippen molar-refractivity contribution in [3.8, 4) is 0 Å². The van der Waals surface area contributed by atoms with E-state index in [4.69, 9.17) is 5.73 Å².